The molecule has 1 N–H and O–H groups in total. The maximum atomic E-state index is 12.7. The zero-order valence-electron chi connectivity index (χ0n) is 13.6. The number of rotatable bonds is 1. The van der Waals surface area contributed by atoms with Crippen LogP contribution in [0.4, 0.5) is 0 Å². The highest BCUT2D eigenvalue weighted by atomic mass is 16.6. The smallest absolute Gasteiger partial charge is 0.312 e. The van der Waals surface area contributed by atoms with Crippen LogP contribution in [0, 0.1) is 34.5 Å². The summed E-state index contributed by atoms with van der Waals surface area (Å²) < 4.78 is 6.10. The quantitative estimate of drug-likeness (QED) is 0.596. The van der Waals surface area contributed by atoms with Gasteiger partial charge in [-0.1, -0.05) is 12.2 Å². The number of carbonyl (C=O) groups excluding carboxylic acids is 1. The third-order valence-electron chi connectivity index (χ3n) is 8.29. The number of aliphatic carboxylic acids is 1. The molecule has 0 radical (unpaired) electrons. The molecule has 0 aromatic carbocycles. The number of carboxylic acid groups (broad SMARTS) is 1. The number of hydrogen-bond donors (Lipinski definition) is 1. The second-order valence-electron chi connectivity index (χ2n) is 9.01. The van der Waals surface area contributed by atoms with Crippen LogP contribution in [0.1, 0.15) is 51.9 Å². The highest BCUT2D eigenvalue weighted by Gasteiger charge is 2.81. The summed E-state index contributed by atoms with van der Waals surface area (Å²) in [7, 11) is 0. The first-order valence-electron chi connectivity index (χ1n) is 8.99. The minimum Gasteiger partial charge on any atom is -0.481 e. The molecule has 7 atom stereocenters. The summed E-state index contributed by atoms with van der Waals surface area (Å²) in [5.41, 5.74) is -0.0978. The summed E-state index contributed by atoms with van der Waals surface area (Å²) in [6, 6.07) is 0. The Hall–Kier alpha value is -1.32. The van der Waals surface area contributed by atoms with Gasteiger partial charge in [-0.25, -0.2) is 0 Å². The second-order valence-corrected chi connectivity index (χ2v) is 9.01. The zero-order chi connectivity index (χ0) is 16.2. The van der Waals surface area contributed by atoms with Gasteiger partial charge >= 0.3 is 11.9 Å². The predicted molar refractivity (Wildman–Crippen MR) is 82.4 cm³/mol. The van der Waals surface area contributed by atoms with E-state index in [9.17, 15) is 14.7 Å². The summed E-state index contributed by atoms with van der Waals surface area (Å²) in [5.74, 6) is -0.771. The molecule has 0 aromatic rings. The van der Waals surface area contributed by atoms with Gasteiger partial charge in [0.15, 0.2) is 0 Å². The molecule has 23 heavy (non-hydrogen) atoms. The first-order valence-corrected chi connectivity index (χ1v) is 8.99. The van der Waals surface area contributed by atoms with E-state index >= 15 is 0 Å². The molecule has 5 rings (SSSR count). The molecule has 4 nitrogen and oxygen atoms in total. The van der Waals surface area contributed by atoms with E-state index in [1.165, 1.54) is 5.57 Å². The van der Waals surface area contributed by atoms with E-state index in [0.29, 0.717) is 5.92 Å². The lowest BCUT2D eigenvalue weighted by Crippen LogP contribution is -2.47. The van der Waals surface area contributed by atoms with Gasteiger partial charge in [-0.05, 0) is 63.2 Å². The molecular formula is C19H24O4. The fraction of sp³-hybridized carbons (Fsp3) is 0.789. The molecule has 5 aliphatic rings. The van der Waals surface area contributed by atoms with Crippen molar-refractivity contribution in [1.29, 1.82) is 0 Å². The lowest BCUT2D eigenvalue weighted by Gasteiger charge is -2.43. The van der Waals surface area contributed by atoms with Crippen molar-refractivity contribution in [2.75, 3.05) is 0 Å². The molecule has 1 aliphatic heterocycles. The lowest BCUT2D eigenvalue weighted by molar-refractivity contribution is -0.160. The van der Waals surface area contributed by atoms with E-state index in [0.717, 1.165) is 44.9 Å². The standard InChI is InChI=1S/C19H24O4/c1-10-8-18-9-11(10)4-5-12(18)19-7-3-6-17(2,16(22)23-19)14(19)13(18)15(20)21/h11-14H,1,3-9H2,2H3,(H,20,21)/t11?,12-,13-,14-,17+,18+,19?/m1/s1. The molecule has 124 valence electrons. The summed E-state index contributed by atoms with van der Waals surface area (Å²) in [6.07, 6.45) is 6.45. The van der Waals surface area contributed by atoms with Gasteiger partial charge in [0, 0.05) is 11.8 Å². The Kier molecular flexibility index (Phi) is 2.35. The Morgan fingerprint density at radius 2 is 2.13 bits per heavy atom. The Morgan fingerprint density at radius 1 is 1.35 bits per heavy atom. The molecule has 4 bridgehead atoms. The minimum atomic E-state index is -0.719. The molecule has 1 saturated heterocycles. The van der Waals surface area contributed by atoms with Gasteiger partial charge in [0.1, 0.15) is 5.60 Å². The number of fused-ring (bicyclic) bond motifs is 1. The molecular weight excluding hydrogens is 292 g/mol. The molecule has 0 aromatic heterocycles. The van der Waals surface area contributed by atoms with E-state index in [4.69, 9.17) is 4.74 Å². The number of ether oxygens (including phenoxy) is 1. The Morgan fingerprint density at radius 3 is 2.87 bits per heavy atom. The van der Waals surface area contributed by atoms with Gasteiger partial charge in [0.2, 0.25) is 0 Å². The average molecular weight is 316 g/mol. The number of hydrogen-bond acceptors (Lipinski definition) is 3. The summed E-state index contributed by atoms with van der Waals surface area (Å²) in [5, 5.41) is 10.2. The highest BCUT2D eigenvalue weighted by molar-refractivity contribution is 5.84. The normalized spacial score (nSPS) is 56.2. The first kappa shape index (κ1) is 14.1. The number of carbonyl (C=O) groups is 2. The van der Waals surface area contributed by atoms with Gasteiger partial charge in [0.25, 0.3) is 0 Å². The molecule has 0 amide bonds. The Balaban J connectivity index is 1.75. The fourth-order valence-electron chi connectivity index (χ4n) is 7.70. The molecule has 1 heterocycles. The fourth-order valence-corrected chi connectivity index (χ4v) is 7.70. The van der Waals surface area contributed by atoms with Crippen LogP contribution in [-0.2, 0) is 14.3 Å². The Labute approximate surface area is 136 Å². The van der Waals surface area contributed by atoms with Crippen LogP contribution in [0.2, 0.25) is 0 Å². The Bertz CT molecular complexity index is 654. The molecule has 4 heteroatoms. The van der Waals surface area contributed by atoms with Crippen LogP contribution >= 0.6 is 0 Å². The topological polar surface area (TPSA) is 63.6 Å². The minimum absolute atomic E-state index is 0.139. The second kappa shape index (κ2) is 3.84. The van der Waals surface area contributed by atoms with Crippen molar-refractivity contribution < 1.29 is 19.4 Å². The van der Waals surface area contributed by atoms with E-state index in [1.54, 1.807) is 0 Å². The predicted octanol–water partition coefficient (Wildman–Crippen LogP) is 3.17. The molecule has 5 fully saturated rings. The molecule has 2 unspecified atom stereocenters. The summed E-state index contributed by atoms with van der Waals surface area (Å²) >= 11 is 0. The lowest BCUT2D eigenvalue weighted by atomic mass is 9.60. The van der Waals surface area contributed by atoms with Crippen LogP contribution in [0.25, 0.3) is 0 Å². The van der Waals surface area contributed by atoms with Gasteiger partial charge in [-0.3, -0.25) is 9.59 Å². The zero-order valence-corrected chi connectivity index (χ0v) is 13.6. The van der Waals surface area contributed by atoms with Crippen molar-refractivity contribution in [3.63, 3.8) is 0 Å². The van der Waals surface area contributed by atoms with Gasteiger partial charge < -0.3 is 9.84 Å². The maximum Gasteiger partial charge on any atom is 0.312 e. The van der Waals surface area contributed by atoms with Crippen molar-refractivity contribution in [2.24, 2.45) is 34.5 Å². The number of carboxylic acids is 1. The highest BCUT2D eigenvalue weighted by Crippen LogP contribution is 2.77. The van der Waals surface area contributed by atoms with Crippen LogP contribution in [-0.4, -0.2) is 22.6 Å². The number of allylic oxidation sites excluding steroid dienone is 1. The molecule has 4 saturated carbocycles. The summed E-state index contributed by atoms with van der Waals surface area (Å²) in [4.78, 5) is 25.0. The van der Waals surface area contributed by atoms with E-state index in [-0.39, 0.29) is 23.2 Å². The van der Waals surface area contributed by atoms with Crippen LogP contribution in [0.3, 0.4) is 0 Å². The van der Waals surface area contributed by atoms with Crippen LogP contribution in [0.15, 0.2) is 12.2 Å². The average Bonchev–Trinajstić information content (AvgIpc) is 2.92. The van der Waals surface area contributed by atoms with Crippen LogP contribution in [0.5, 0.6) is 0 Å². The van der Waals surface area contributed by atoms with Crippen LogP contribution < -0.4 is 0 Å². The first-order chi connectivity index (χ1) is 10.9. The van der Waals surface area contributed by atoms with Crippen molar-refractivity contribution in [3.8, 4) is 0 Å². The summed E-state index contributed by atoms with van der Waals surface area (Å²) in [6.45, 7) is 6.22. The molecule has 1 spiro atoms. The van der Waals surface area contributed by atoms with Gasteiger partial charge in [-0.2, -0.15) is 0 Å². The number of esters is 1. The van der Waals surface area contributed by atoms with Crippen molar-refractivity contribution >= 4 is 11.9 Å². The SMILES string of the molecule is C=C1C[C@]23CC1CC[C@H]2C12CCC[C@](C)(C(=O)O1)[C@H]2[C@@H]3C(=O)O. The monoisotopic (exact) mass is 316 g/mol. The molecule has 4 aliphatic carbocycles. The van der Waals surface area contributed by atoms with E-state index in [1.807, 2.05) is 6.92 Å². The van der Waals surface area contributed by atoms with Gasteiger partial charge in [-0.15, -0.1) is 0 Å². The largest absolute Gasteiger partial charge is 0.481 e. The van der Waals surface area contributed by atoms with E-state index in [2.05, 4.69) is 6.58 Å². The van der Waals surface area contributed by atoms with Crippen molar-refractivity contribution in [1.82, 2.24) is 0 Å². The third-order valence-corrected chi connectivity index (χ3v) is 8.29. The maximum absolute atomic E-state index is 12.7. The van der Waals surface area contributed by atoms with Gasteiger partial charge in [0.05, 0.1) is 11.3 Å². The van der Waals surface area contributed by atoms with Crippen molar-refractivity contribution in [2.45, 2.75) is 57.5 Å². The third kappa shape index (κ3) is 1.29. The van der Waals surface area contributed by atoms with Crippen molar-refractivity contribution in [3.05, 3.63) is 12.2 Å². The van der Waals surface area contributed by atoms with E-state index < -0.39 is 22.9 Å².